The number of amides is 1. The van der Waals surface area contributed by atoms with Crippen LogP contribution in [0.5, 0.6) is 0 Å². The number of ether oxygens (including phenoxy) is 1. The third-order valence-corrected chi connectivity index (χ3v) is 2.21. The second kappa shape index (κ2) is 6.11. The Balaban J connectivity index is 2.71. The van der Waals surface area contributed by atoms with E-state index in [9.17, 15) is 4.79 Å². The van der Waals surface area contributed by atoms with E-state index in [0.717, 1.165) is 5.56 Å². The molecule has 0 heterocycles. The fraction of sp³-hybridized carbons (Fsp3) is 0.400. The Hall–Kier alpha value is -1.95. The van der Waals surface area contributed by atoms with Gasteiger partial charge in [-0.05, 0) is 26.3 Å². The van der Waals surface area contributed by atoms with Crippen LogP contribution in [-0.4, -0.2) is 11.7 Å². The van der Waals surface area contributed by atoms with Crippen LogP contribution in [0.3, 0.4) is 0 Å². The van der Waals surface area contributed by atoms with E-state index >= 15 is 0 Å². The maximum Gasteiger partial charge on any atom is 0.408 e. The average molecular weight is 245 g/mol. The zero-order chi connectivity index (χ0) is 13.6. The SMILES string of the molecule is C#CCC(NC(=O)OC(C)(C)C)c1ccccc1. The number of hydrogen-bond donors (Lipinski definition) is 1. The van der Waals surface area contributed by atoms with Gasteiger partial charge in [0.15, 0.2) is 0 Å². The third-order valence-electron chi connectivity index (χ3n) is 2.21. The van der Waals surface area contributed by atoms with Gasteiger partial charge in [0.25, 0.3) is 0 Å². The smallest absolute Gasteiger partial charge is 0.408 e. The molecule has 0 fully saturated rings. The monoisotopic (exact) mass is 245 g/mol. The Bertz CT molecular complexity index is 426. The Labute approximate surface area is 109 Å². The first-order valence-corrected chi connectivity index (χ1v) is 5.90. The van der Waals surface area contributed by atoms with Crippen molar-refractivity contribution < 1.29 is 9.53 Å². The van der Waals surface area contributed by atoms with Gasteiger partial charge in [0.05, 0.1) is 6.04 Å². The van der Waals surface area contributed by atoms with Crippen molar-refractivity contribution in [3.05, 3.63) is 35.9 Å². The minimum atomic E-state index is -0.512. The van der Waals surface area contributed by atoms with Crippen LogP contribution < -0.4 is 5.32 Å². The number of hydrogen-bond acceptors (Lipinski definition) is 2. The highest BCUT2D eigenvalue weighted by atomic mass is 16.6. The minimum Gasteiger partial charge on any atom is -0.444 e. The van der Waals surface area contributed by atoms with Gasteiger partial charge in [-0.3, -0.25) is 0 Å². The Morgan fingerprint density at radius 2 is 2.00 bits per heavy atom. The Morgan fingerprint density at radius 1 is 1.39 bits per heavy atom. The van der Waals surface area contributed by atoms with Crippen LogP contribution in [-0.2, 0) is 4.74 Å². The molecule has 0 aliphatic carbocycles. The van der Waals surface area contributed by atoms with Crippen LogP contribution in [0.15, 0.2) is 30.3 Å². The minimum absolute atomic E-state index is 0.217. The molecule has 1 rings (SSSR count). The lowest BCUT2D eigenvalue weighted by molar-refractivity contribution is 0.0504. The van der Waals surface area contributed by atoms with E-state index in [2.05, 4.69) is 11.2 Å². The number of carbonyl (C=O) groups is 1. The number of carbonyl (C=O) groups excluding carboxylic acids is 1. The third kappa shape index (κ3) is 4.92. The predicted octanol–water partition coefficient (Wildman–Crippen LogP) is 3.28. The van der Waals surface area contributed by atoms with Crippen molar-refractivity contribution in [2.24, 2.45) is 0 Å². The van der Waals surface area contributed by atoms with Gasteiger partial charge in [0.2, 0.25) is 0 Å². The molecule has 1 atom stereocenters. The topological polar surface area (TPSA) is 38.3 Å². The van der Waals surface area contributed by atoms with E-state index in [0.29, 0.717) is 6.42 Å². The molecule has 0 aliphatic heterocycles. The quantitative estimate of drug-likeness (QED) is 0.830. The zero-order valence-corrected chi connectivity index (χ0v) is 11.1. The van der Waals surface area contributed by atoms with Crippen molar-refractivity contribution in [1.29, 1.82) is 0 Å². The number of alkyl carbamates (subject to hydrolysis) is 1. The molecule has 96 valence electrons. The highest BCUT2D eigenvalue weighted by Gasteiger charge is 2.19. The maximum absolute atomic E-state index is 11.7. The molecule has 0 bridgehead atoms. The van der Waals surface area contributed by atoms with E-state index in [1.54, 1.807) is 0 Å². The second-order valence-corrected chi connectivity index (χ2v) is 5.02. The number of terminal acetylenes is 1. The lowest BCUT2D eigenvalue weighted by Crippen LogP contribution is -2.34. The number of nitrogens with one attached hydrogen (secondary N) is 1. The first-order valence-electron chi connectivity index (χ1n) is 5.90. The van der Waals surface area contributed by atoms with E-state index < -0.39 is 11.7 Å². The number of benzene rings is 1. The van der Waals surface area contributed by atoms with Crippen molar-refractivity contribution >= 4 is 6.09 Å². The van der Waals surface area contributed by atoms with Crippen LogP contribution in [0.1, 0.15) is 38.8 Å². The molecule has 1 aromatic rings. The lowest BCUT2D eigenvalue weighted by Gasteiger charge is -2.23. The van der Waals surface area contributed by atoms with Crippen LogP contribution in [0.25, 0.3) is 0 Å². The van der Waals surface area contributed by atoms with Crippen molar-refractivity contribution in [1.82, 2.24) is 5.32 Å². The van der Waals surface area contributed by atoms with Gasteiger partial charge in [-0.2, -0.15) is 0 Å². The van der Waals surface area contributed by atoms with Crippen LogP contribution in [0.4, 0.5) is 4.79 Å². The van der Waals surface area contributed by atoms with Gasteiger partial charge in [0, 0.05) is 6.42 Å². The summed E-state index contributed by atoms with van der Waals surface area (Å²) in [6.07, 6.45) is 5.31. The molecule has 0 aliphatic rings. The van der Waals surface area contributed by atoms with E-state index in [-0.39, 0.29) is 6.04 Å². The second-order valence-electron chi connectivity index (χ2n) is 5.02. The summed E-state index contributed by atoms with van der Waals surface area (Å²) in [5.74, 6) is 2.56. The predicted molar refractivity (Wildman–Crippen MR) is 72.0 cm³/mol. The summed E-state index contributed by atoms with van der Waals surface area (Å²) in [6.45, 7) is 5.47. The van der Waals surface area contributed by atoms with Crippen molar-refractivity contribution in [3.8, 4) is 12.3 Å². The molecule has 3 nitrogen and oxygen atoms in total. The maximum atomic E-state index is 11.7. The van der Waals surface area contributed by atoms with Gasteiger partial charge >= 0.3 is 6.09 Å². The summed E-state index contributed by atoms with van der Waals surface area (Å²) in [7, 11) is 0. The van der Waals surface area contributed by atoms with Gasteiger partial charge in [-0.1, -0.05) is 30.3 Å². The van der Waals surface area contributed by atoms with E-state index in [1.165, 1.54) is 0 Å². The van der Waals surface area contributed by atoms with E-state index in [4.69, 9.17) is 11.2 Å². The average Bonchev–Trinajstić information content (AvgIpc) is 2.27. The summed E-state index contributed by atoms with van der Waals surface area (Å²) in [6, 6.07) is 9.39. The molecule has 1 unspecified atom stereocenters. The molecule has 1 amide bonds. The van der Waals surface area contributed by atoms with Crippen molar-refractivity contribution in [3.63, 3.8) is 0 Å². The molecule has 3 heteroatoms. The molecule has 1 N–H and O–H groups in total. The van der Waals surface area contributed by atoms with Gasteiger partial charge < -0.3 is 10.1 Å². The Morgan fingerprint density at radius 3 is 2.50 bits per heavy atom. The van der Waals surface area contributed by atoms with Crippen molar-refractivity contribution in [2.45, 2.75) is 38.8 Å². The lowest BCUT2D eigenvalue weighted by atomic mass is 10.0. The molecule has 0 radical (unpaired) electrons. The standard InChI is InChI=1S/C15H19NO2/c1-5-9-13(12-10-7-6-8-11-12)16-14(17)18-15(2,3)4/h1,6-8,10-11,13H,9H2,2-4H3,(H,16,17). The molecular formula is C15H19NO2. The molecular weight excluding hydrogens is 226 g/mol. The fourth-order valence-electron chi connectivity index (χ4n) is 1.51. The molecule has 18 heavy (non-hydrogen) atoms. The van der Waals surface area contributed by atoms with Crippen LogP contribution in [0.2, 0.25) is 0 Å². The summed E-state index contributed by atoms with van der Waals surface area (Å²) in [5, 5.41) is 2.79. The zero-order valence-electron chi connectivity index (χ0n) is 11.1. The number of rotatable bonds is 3. The largest absolute Gasteiger partial charge is 0.444 e. The van der Waals surface area contributed by atoms with Gasteiger partial charge in [0.1, 0.15) is 5.60 Å². The summed E-state index contributed by atoms with van der Waals surface area (Å²) in [5.41, 5.74) is 0.461. The first-order chi connectivity index (χ1) is 8.42. The van der Waals surface area contributed by atoms with Crippen molar-refractivity contribution in [2.75, 3.05) is 0 Å². The first kappa shape index (κ1) is 14.1. The summed E-state index contributed by atoms with van der Waals surface area (Å²) < 4.78 is 5.22. The van der Waals surface area contributed by atoms with Crippen LogP contribution in [0, 0.1) is 12.3 Å². The molecule has 0 spiro atoms. The van der Waals surface area contributed by atoms with Gasteiger partial charge in [-0.25, -0.2) is 4.79 Å². The summed E-state index contributed by atoms with van der Waals surface area (Å²) in [4.78, 5) is 11.7. The highest BCUT2D eigenvalue weighted by Crippen LogP contribution is 2.17. The molecule has 1 aromatic carbocycles. The van der Waals surface area contributed by atoms with Crippen LogP contribution >= 0.6 is 0 Å². The normalized spacial score (nSPS) is 12.3. The summed E-state index contributed by atoms with van der Waals surface area (Å²) >= 11 is 0. The molecule has 0 aromatic heterocycles. The van der Waals surface area contributed by atoms with E-state index in [1.807, 2.05) is 51.1 Å². The fourth-order valence-corrected chi connectivity index (χ4v) is 1.51. The molecule has 0 saturated carbocycles. The Kier molecular flexibility index (Phi) is 4.79. The van der Waals surface area contributed by atoms with Gasteiger partial charge in [-0.15, -0.1) is 12.3 Å². The molecule has 0 saturated heterocycles. The highest BCUT2D eigenvalue weighted by molar-refractivity contribution is 5.68.